The van der Waals surface area contributed by atoms with Crippen LogP contribution >= 0.6 is 23.2 Å². The topological polar surface area (TPSA) is 43.1 Å². The van der Waals surface area contributed by atoms with Gasteiger partial charge in [-0.15, -0.1) is 0 Å². The molecular weight excluding hydrogens is 319 g/mol. The van der Waals surface area contributed by atoms with E-state index in [1.54, 1.807) is 10.6 Å². The molecule has 0 fully saturated rings. The molecule has 22 heavy (non-hydrogen) atoms. The first-order chi connectivity index (χ1) is 10.6. The van der Waals surface area contributed by atoms with E-state index in [1.165, 1.54) is 0 Å². The number of rotatable bonds is 1. The van der Waals surface area contributed by atoms with E-state index in [0.29, 0.717) is 16.0 Å². The van der Waals surface area contributed by atoms with E-state index in [-0.39, 0.29) is 0 Å². The predicted molar refractivity (Wildman–Crippen MR) is 88.5 cm³/mol. The van der Waals surface area contributed by atoms with Crippen molar-refractivity contribution in [1.82, 2.24) is 19.6 Å². The maximum Gasteiger partial charge on any atom is 0.159 e. The Kier molecular flexibility index (Phi) is 3.03. The number of pyridine rings is 1. The van der Waals surface area contributed by atoms with Gasteiger partial charge in [-0.3, -0.25) is 0 Å². The molecule has 0 bridgehead atoms. The van der Waals surface area contributed by atoms with E-state index < -0.39 is 0 Å². The van der Waals surface area contributed by atoms with Crippen LogP contribution in [0.1, 0.15) is 5.56 Å². The number of para-hydroxylation sites is 1. The molecule has 3 heterocycles. The molecule has 4 nitrogen and oxygen atoms in total. The van der Waals surface area contributed by atoms with Crippen molar-refractivity contribution in [3.8, 4) is 11.4 Å². The van der Waals surface area contributed by atoms with Crippen molar-refractivity contribution in [3.63, 3.8) is 0 Å². The fourth-order valence-electron chi connectivity index (χ4n) is 2.51. The van der Waals surface area contributed by atoms with Gasteiger partial charge in [0.25, 0.3) is 0 Å². The lowest BCUT2D eigenvalue weighted by molar-refractivity contribution is 0.941. The van der Waals surface area contributed by atoms with Crippen molar-refractivity contribution >= 4 is 39.8 Å². The molecular formula is C16H10Cl2N4. The van der Waals surface area contributed by atoms with Crippen LogP contribution in [0.3, 0.4) is 0 Å². The molecule has 1 aromatic carbocycles. The molecule has 0 aliphatic rings. The Balaban J connectivity index is 1.98. The standard InChI is InChI=1S/C16H10Cl2N4/c1-9-6-10-4-2-3-5-11(10)19-16(9)12-7-15-20-13(17)8-14(18)22(15)21-12/h2-8H,1H3. The van der Waals surface area contributed by atoms with Gasteiger partial charge in [-0.25, -0.2) is 14.5 Å². The lowest BCUT2D eigenvalue weighted by atomic mass is 10.1. The molecule has 0 saturated heterocycles. The van der Waals surface area contributed by atoms with E-state index in [1.807, 2.05) is 37.3 Å². The molecule has 0 aliphatic carbocycles. The maximum absolute atomic E-state index is 6.15. The Morgan fingerprint density at radius 3 is 2.68 bits per heavy atom. The van der Waals surface area contributed by atoms with Gasteiger partial charge in [0.15, 0.2) is 5.65 Å². The summed E-state index contributed by atoms with van der Waals surface area (Å²) in [7, 11) is 0. The predicted octanol–water partition coefficient (Wildman–Crippen LogP) is 4.56. The number of fused-ring (bicyclic) bond motifs is 2. The molecule has 6 heteroatoms. The van der Waals surface area contributed by atoms with Crippen LogP contribution in [0.15, 0.2) is 42.5 Å². The molecule has 0 radical (unpaired) electrons. The smallest absolute Gasteiger partial charge is 0.159 e. The molecule has 3 aromatic heterocycles. The normalized spacial score (nSPS) is 11.4. The first-order valence-electron chi connectivity index (χ1n) is 6.70. The lowest BCUT2D eigenvalue weighted by Crippen LogP contribution is -1.94. The minimum absolute atomic E-state index is 0.340. The molecule has 4 aromatic rings. The second-order valence-corrected chi connectivity index (χ2v) is 5.82. The van der Waals surface area contributed by atoms with Crippen LogP contribution in [0.2, 0.25) is 10.3 Å². The second kappa shape index (κ2) is 4.93. The van der Waals surface area contributed by atoms with Crippen LogP contribution in [0.25, 0.3) is 27.9 Å². The number of nitrogens with zero attached hydrogens (tertiary/aromatic N) is 4. The zero-order valence-electron chi connectivity index (χ0n) is 11.6. The third kappa shape index (κ3) is 2.12. The third-order valence-electron chi connectivity index (χ3n) is 3.51. The third-order valence-corrected chi connectivity index (χ3v) is 3.97. The Bertz CT molecular complexity index is 1020. The molecule has 4 rings (SSSR count). The summed E-state index contributed by atoms with van der Waals surface area (Å²) >= 11 is 12.1. The van der Waals surface area contributed by atoms with Crippen molar-refractivity contribution in [3.05, 3.63) is 58.3 Å². The van der Waals surface area contributed by atoms with Gasteiger partial charge in [0, 0.05) is 17.5 Å². The van der Waals surface area contributed by atoms with E-state index in [9.17, 15) is 0 Å². The second-order valence-electron chi connectivity index (χ2n) is 5.05. The molecule has 0 aliphatic heterocycles. The van der Waals surface area contributed by atoms with Crippen molar-refractivity contribution in [2.45, 2.75) is 6.92 Å². The Morgan fingerprint density at radius 2 is 1.82 bits per heavy atom. The van der Waals surface area contributed by atoms with Gasteiger partial charge >= 0.3 is 0 Å². The van der Waals surface area contributed by atoms with Crippen molar-refractivity contribution < 1.29 is 0 Å². The Labute approximate surface area is 136 Å². The summed E-state index contributed by atoms with van der Waals surface area (Å²) < 4.78 is 1.55. The highest BCUT2D eigenvalue weighted by atomic mass is 35.5. The summed E-state index contributed by atoms with van der Waals surface area (Å²) in [6.07, 6.45) is 0. The fraction of sp³-hybridized carbons (Fsp3) is 0.0625. The number of hydrogen-bond donors (Lipinski definition) is 0. The minimum Gasteiger partial charge on any atom is -0.246 e. The van der Waals surface area contributed by atoms with Gasteiger partial charge in [-0.1, -0.05) is 41.4 Å². The highest BCUT2D eigenvalue weighted by Gasteiger charge is 2.13. The number of benzene rings is 1. The van der Waals surface area contributed by atoms with Crippen LogP contribution in [0, 0.1) is 6.92 Å². The number of halogens is 2. The van der Waals surface area contributed by atoms with Crippen molar-refractivity contribution in [2.24, 2.45) is 0 Å². The van der Waals surface area contributed by atoms with E-state index in [2.05, 4.69) is 16.1 Å². The average Bonchev–Trinajstić information content (AvgIpc) is 2.90. The summed E-state index contributed by atoms with van der Waals surface area (Å²) in [4.78, 5) is 8.94. The van der Waals surface area contributed by atoms with Crippen molar-refractivity contribution in [1.29, 1.82) is 0 Å². The van der Waals surface area contributed by atoms with Crippen LogP contribution in [-0.4, -0.2) is 19.6 Å². The van der Waals surface area contributed by atoms with Crippen LogP contribution < -0.4 is 0 Å². The van der Waals surface area contributed by atoms with E-state index >= 15 is 0 Å². The highest BCUT2D eigenvalue weighted by Crippen LogP contribution is 2.26. The van der Waals surface area contributed by atoms with Gasteiger partial charge in [0.05, 0.1) is 11.2 Å². The van der Waals surface area contributed by atoms with Gasteiger partial charge < -0.3 is 0 Å². The SMILES string of the molecule is Cc1cc2ccccc2nc1-c1cc2nc(Cl)cc(Cl)n2n1. The summed E-state index contributed by atoms with van der Waals surface area (Å²) in [6.45, 7) is 2.01. The largest absolute Gasteiger partial charge is 0.246 e. The number of aromatic nitrogens is 4. The molecule has 0 unspecified atom stereocenters. The number of hydrogen-bond acceptors (Lipinski definition) is 3. The molecule has 108 valence electrons. The maximum atomic E-state index is 6.15. The molecule has 0 amide bonds. The van der Waals surface area contributed by atoms with E-state index in [4.69, 9.17) is 28.2 Å². The zero-order chi connectivity index (χ0) is 15.3. The lowest BCUT2D eigenvalue weighted by Gasteiger charge is -2.04. The molecule has 0 saturated carbocycles. The van der Waals surface area contributed by atoms with Gasteiger partial charge in [-0.05, 0) is 24.6 Å². The first kappa shape index (κ1) is 13.5. The fourth-order valence-corrected chi connectivity index (χ4v) is 2.98. The van der Waals surface area contributed by atoms with Gasteiger partial charge in [-0.2, -0.15) is 5.10 Å². The monoisotopic (exact) mass is 328 g/mol. The first-order valence-corrected chi connectivity index (χ1v) is 7.46. The molecule has 0 spiro atoms. The van der Waals surface area contributed by atoms with Crippen molar-refractivity contribution in [2.75, 3.05) is 0 Å². The zero-order valence-corrected chi connectivity index (χ0v) is 13.1. The van der Waals surface area contributed by atoms with Crippen LogP contribution in [-0.2, 0) is 0 Å². The molecule has 0 N–H and O–H groups in total. The van der Waals surface area contributed by atoms with Gasteiger partial charge in [0.1, 0.15) is 16.0 Å². The summed E-state index contributed by atoms with van der Waals surface area (Å²) in [5.41, 5.74) is 4.11. The minimum atomic E-state index is 0.340. The van der Waals surface area contributed by atoms with Crippen LogP contribution in [0.4, 0.5) is 0 Å². The van der Waals surface area contributed by atoms with Gasteiger partial charge in [0.2, 0.25) is 0 Å². The Hall–Kier alpha value is -2.17. The Morgan fingerprint density at radius 1 is 1.00 bits per heavy atom. The van der Waals surface area contributed by atoms with E-state index in [0.717, 1.165) is 27.9 Å². The quantitative estimate of drug-likeness (QED) is 0.481. The average molecular weight is 329 g/mol. The van der Waals surface area contributed by atoms with Crippen LogP contribution in [0.5, 0.6) is 0 Å². The highest BCUT2D eigenvalue weighted by molar-refractivity contribution is 6.33. The molecule has 0 atom stereocenters. The number of aryl methyl sites for hydroxylation is 1. The summed E-state index contributed by atoms with van der Waals surface area (Å²) in [5.74, 6) is 0. The summed E-state index contributed by atoms with van der Waals surface area (Å²) in [6, 6.07) is 13.5. The summed E-state index contributed by atoms with van der Waals surface area (Å²) in [5, 5.41) is 6.35.